The molecule has 0 spiro atoms. The van der Waals surface area contributed by atoms with Gasteiger partial charge in [-0.2, -0.15) is 0 Å². The van der Waals surface area contributed by atoms with Gasteiger partial charge in [0, 0.05) is 17.3 Å². The lowest BCUT2D eigenvalue weighted by Crippen LogP contribution is -2.01. The third-order valence-electron chi connectivity index (χ3n) is 3.60. The van der Waals surface area contributed by atoms with Gasteiger partial charge in [0.05, 0.1) is 6.04 Å². The maximum atomic E-state index is 5.91. The van der Waals surface area contributed by atoms with E-state index in [0.29, 0.717) is 6.04 Å². The maximum absolute atomic E-state index is 5.91. The van der Waals surface area contributed by atoms with Gasteiger partial charge in [-0.25, -0.2) is 0 Å². The molecule has 0 N–H and O–H groups in total. The minimum Gasteiger partial charge on any atom is -0.360 e. The van der Waals surface area contributed by atoms with Gasteiger partial charge in [0.1, 0.15) is 0 Å². The zero-order valence-corrected chi connectivity index (χ0v) is 11.7. The van der Waals surface area contributed by atoms with E-state index in [0.717, 1.165) is 17.1 Å². The zero-order chi connectivity index (χ0) is 13.4. The summed E-state index contributed by atoms with van der Waals surface area (Å²) in [5.41, 5.74) is 4.89. The number of hydrogen-bond acceptors (Lipinski definition) is 1. The smallest absolute Gasteiger partial charge is 0.0718 e. The molecular weight excluding hydrogens is 254 g/mol. The molecule has 0 saturated carbocycles. The molecule has 1 aliphatic heterocycles. The average Bonchev–Trinajstić information content (AvgIpc) is 3.20. The lowest BCUT2D eigenvalue weighted by atomic mass is 10.1. The van der Waals surface area contributed by atoms with E-state index >= 15 is 0 Å². The van der Waals surface area contributed by atoms with Gasteiger partial charge < -0.3 is 4.90 Å². The van der Waals surface area contributed by atoms with Crippen LogP contribution in [0.3, 0.4) is 0 Å². The molecule has 1 unspecified atom stereocenters. The number of halogens is 1. The van der Waals surface area contributed by atoms with Crippen LogP contribution < -0.4 is 4.90 Å². The van der Waals surface area contributed by atoms with Gasteiger partial charge in [0.15, 0.2) is 0 Å². The van der Waals surface area contributed by atoms with Crippen LogP contribution in [-0.4, -0.2) is 12.6 Å². The van der Waals surface area contributed by atoms with Crippen LogP contribution in [0.15, 0.2) is 55.1 Å². The molecule has 1 atom stereocenters. The highest BCUT2D eigenvalue weighted by Crippen LogP contribution is 2.36. The Bertz CT molecular complexity index is 598. The van der Waals surface area contributed by atoms with Gasteiger partial charge in [-0.15, -0.1) is 0 Å². The third-order valence-corrected chi connectivity index (χ3v) is 3.85. The normalized spacial score (nSPS) is 17.4. The molecule has 0 aliphatic carbocycles. The highest BCUT2D eigenvalue weighted by atomic mass is 35.5. The van der Waals surface area contributed by atoms with Crippen molar-refractivity contribution < 1.29 is 0 Å². The van der Waals surface area contributed by atoms with Crippen molar-refractivity contribution in [2.45, 2.75) is 13.0 Å². The summed E-state index contributed by atoms with van der Waals surface area (Å²) in [5, 5.41) is 0.766. The molecule has 2 aromatic carbocycles. The van der Waals surface area contributed by atoms with Gasteiger partial charge in [-0.1, -0.05) is 48.0 Å². The number of rotatable bonds is 3. The summed E-state index contributed by atoms with van der Waals surface area (Å²) in [6.45, 7) is 7.38. The van der Waals surface area contributed by atoms with Crippen molar-refractivity contribution >= 4 is 22.9 Å². The van der Waals surface area contributed by atoms with E-state index in [1.807, 2.05) is 24.3 Å². The van der Waals surface area contributed by atoms with Gasteiger partial charge >= 0.3 is 0 Å². The predicted octanol–water partition coefficient (Wildman–Crippen LogP) is 4.55. The van der Waals surface area contributed by atoms with E-state index in [2.05, 4.69) is 42.7 Å². The summed E-state index contributed by atoms with van der Waals surface area (Å²) in [5.74, 6) is 0. The molecule has 1 aliphatic rings. The fourth-order valence-corrected chi connectivity index (χ4v) is 2.44. The number of hydrogen-bond donors (Lipinski definition) is 0. The first-order valence-electron chi connectivity index (χ1n) is 6.43. The first kappa shape index (κ1) is 12.3. The summed E-state index contributed by atoms with van der Waals surface area (Å²) in [6, 6.07) is 17.0. The first-order chi connectivity index (χ1) is 9.15. The fraction of sp³-hybridized carbons (Fsp3) is 0.176. The molecule has 2 aromatic rings. The lowest BCUT2D eigenvalue weighted by Gasteiger charge is -2.09. The molecule has 0 aromatic heterocycles. The van der Waals surface area contributed by atoms with Crippen LogP contribution in [0.2, 0.25) is 5.02 Å². The SMILES string of the molecule is C=C(c1ccc(Cl)cc1)C1CN1c1ccc(C)cc1. The van der Waals surface area contributed by atoms with Crippen molar-refractivity contribution in [3.8, 4) is 0 Å². The second-order valence-corrected chi connectivity index (χ2v) is 5.47. The van der Waals surface area contributed by atoms with Crippen LogP contribution in [0.25, 0.3) is 5.57 Å². The molecule has 0 radical (unpaired) electrons. The summed E-state index contributed by atoms with van der Waals surface area (Å²) in [7, 11) is 0. The Morgan fingerprint density at radius 3 is 2.37 bits per heavy atom. The Hall–Kier alpha value is -1.73. The van der Waals surface area contributed by atoms with Crippen molar-refractivity contribution in [2.24, 2.45) is 0 Å². The first-order valence-corrected chi connectivity index (χ1v) is 6.81. The van der Waals surface area contributed by atoms with Gasteiger partial charge in [-0.05, 0) is 42.3 Å². The molecule has 0 bridgehead atoms. The Morgan fingerprint density at radius 1 is 1.11 bits per heavy atom. The van der Waals surface area contributed by atoms with E-state index in [1.54, 1.807) is 0 Å². The Morgan fingerprint density at radius 2 is 1.74 bits per heavy atom. The van der Waals surface area contributed by atoms with E-state index in [-0.39, 0.29) is 0 Å². The van der Waals surface area contributed by atoms with Crippen LogP contribution in [0, 0.1) is 6.92 Å². The van der Waals surface area contributed by atoms with E-state index in [9.17, 15) is 0 Å². The largest absolute Gasteiger partial charge is 0.360 e. The van der Waals surface area contributed by atoms with Crippen molar-refractivity contribution in [1.29, 1.82) is 0 Å². The highest BCUT2D eigenvalue weighted by molar-refractivity contribution is 6.30. The van der Waals surface area contributed by atoms with Crippen LogP contribution in [-0.2, 0) is 0 Å². The number of benzene rings is 2. The maximum Gasteiger partial charge on any atom is 0.0718 e. The average molecular weight is 270 g/mol. The molecular formula is C17H16ClN. The van der Waals surface area contributed by atoms with Gasteiger partial charge in [-0.3, -0.25) is 0 Å². The number of aryl methyl sites for hydroxylation is 1. The molecule has 1 fully saturated rings. The fourth-order valence-electron chi connectivity index (χ4n) is 2.32. The standard InChI is InChI=1S/C17H16ClN/c1-12-3-9-16(10-4-12)19-11-17(19)13(2)14-5-7-15(18)8-6-14/h3-10,17H,2,11H2,1H3. The molecule has 96 valence electrons. The zero-order valence-electron chi connectivity index (χ0n) is 10.9. The van der Waals surface area contributed by atoms with E-state index < -0.39 is 0 Å². The van der Waals surface area contributed by atoms with E-state index in [1.165, 1.54) is 16.8 Å². The predicted molar refractivity (Wildman–Crippen MR) is 82.8 cm³/mol. The second kappa shape index (κ2) is 4.75. The lowest BCUT2D eigenvalue weighted by molar-refractivity contribution is 1.27. The molecule has 1 heterocycles. The summed E-state index contributed by atoms with van der Waals surface area (Å²) >= 11 is 5.91. The molecule has 0 amide bonds. The van der Waals surface area contributed by atoms with Crippen LogP contribution in [0.1, 0.15) is 11.1 Å². The third kappa shape index (κ3) is 2.52. The second-order valence-electron chi connectivity index (χ2n) is 5.04. The summed E-state index contributed by atoms with van der Waals surface area (Å²) in [4.78, 5) is 2.36. The van der Waals surface area contributed by atoms with Crippen molar-refractivity contribution in [2.75, 3.05) is 11.4 Å². The summed E-state index contributed by atoms with van der Waals surface area (Å²) < 4.78 is 0. The minimum absolute atomic E-state index is 0.420. The molecule has 1 nitrogen and oxygen atoms in total. The van der Waals surface area contributed by atoms with Crippen LogP contribution in [0.4, 0.5) is 5.69 Å². The number of anilines is 1. The minimum atomic E-state index is 0.420. The van der Waals surface area contributed by atoms with Crippen molar-refractivity contribution in [3.05, 3.63) is 71.3 Å². The van der Waals surface area contributed by atoms with E-state index in [4.69, 9.17) is 11.6 Å². The Labute approximate surface area is 119 Å². The summed E-state index contributed by atoms with van der Waals surface area (Å²) in [6.07, 6.45) is 0. The topological polar surface area (TPSA) is 3.01 Å². The van der Waals surface area contributed by atoms with Crippen molar-refractivity contribution in [1.82, 2.24) is 0 Å². The van der Waals surface area contributed by atoms with Gasteiger partial charge in [0.2, 0.25) is 0 Å². The monoisotopic (exact) mass is 269 g/mol. The molecule has 2 heteroatoms. The van der Waals surface area contributed by atoms with Crippen LogP contribution in [0.5, 0.6) is 0 Å². The van der Waals surface area contributed by atoms with Crippen molar-refractivity contribution in [3.63, 3.8) is 0 Å². The molecule has 1 saturated heterocycles. The Kier molecular flexibility index (Phi) is 3.08. The quantitative estimate of drug-likeness (QED) is 0.739. The highest BCUT2D eigenvalue weighted by Gasteiger charge is 2.36. The Balaban J connectivity index is 1.74. The van der Waals surface area contributed by atoms with Crippen LogP contribution >= 0.6 is 11.6 Å². The number of nitrogens with zero attached hydrogens (tertiary/aromatic N) is 1. The van der Waals surface area contributed by atoms with Gasteiger partial charge in [0.25, 0.3) is 0 Å². The molecule has 19 heavy (non-hydrogen) atoms. The molecule has 3 rings (SSSR count).